The monoisotopic (exact) mass is 260 g/mol. The molecule has 17 heavy (non-hydrogen) atoms. The summed E-state index contributed by atoms with van der Waals surface area (Å²) < 4.78 is 27.0. The molecule has 4 nitrogen and oxygen atoms in total. The van der Waals surface area contributed by atoms with Crippen molar-refractivity contribution in [2.75, 3.05) is 27.2 Å². The highest BCUT2D eigenvalue weighted by molar-refractivity contribution is 7.86. The fourth-order valence-electron chi connectivity index (χ4n) is 3.22. The Morgan fingerprint density at radius 3 is 1.94 bits per heavy atom. The van der Waals surface area contributed by atoms with Crippen LogP contribution < -0.4 is 0 Å². The third-order valence-corrected chi connectivity index (χ3v) is 6.43. The normalized spacial score (nSPS) is 26.5. The number of rotatable bonds is 2. The smallest absolute Gasteiger partial charge is 0.195 e. The van der Waals surface area contributed by atoms with Gasteiger partial charge in [0.1, 0.15) is 0 Å². The van der Waals surface area contributed by atoms with Crippen LogP contribution in [-0.4, -0.2) is 44.2 Å². The van der Waals surface area contributed by atoms with Gasteiger partial charge in [-0.05, 0) is 31.1 Å². The average Bonchev–Trinajstić information content (AvgIpc) is 2.30. The summed E-state index contributed by atoms with van der Waals surface area (Å²) in [6, 6.07) is 0. The molecule has 1 aliphatic carbocycles. The first kappa shape index (κ1) is 13.3. The molecule has 0 aromatic heterocycles. The Kier molecular flexibility index (Phi) is 3.80. The highest BCUT2D eigenvalue weighted by atomic mass is 32.2. The van der Waals surface area contributed by atoms with E-state index in [1.165, 1.54) is 36.4 Å². The molecule has 2 rings (SSSR count). The van der Waals surface area contributed by atoms with Crippen molar-refractivity contribution < 1.29 is 8.42 Å². The minimum Gasteiger partial charge on any atom is -0.195 e. The molecule has 2 aliphatic rings. The van der Waals surface area contributed by atoms with Gasteiger partial charge >= 0.3 is 0 Å². The number of hydrogen-bond donors (Lipinski definition) is 0. The maximum Gasteiger partial charge on any atom is 0.281 e. The zero-order chi connectivity index (χ0) is 12.5. The van der Waals surface area contributed by atoms with Crippen LogP contribution in [0.4, 0.5) is 0 Å². The fourth-order valence-corrected chi connectivity index (χ4v) is 4.33. The predicted octanol–water partition coefficient (Wildman–Crippen LogP) is 1.84. The molecule has 5 heteroatoms. The second-order valence-electron chi connectivity index (χ2n) is 5.75. The van der Waals surface area contributed by atoms with Gasteiger partial charge < -0.3 is 0 Å². The Bertz CT molecular complexity index is 349. The standard InChI is InChI=1S/C12H24N2O2S/c1-13(2)17(15,16)14-10-8-12(9-11-14)6-4-3-5-7-12/h3-11H2,1-2H3. The van der Waals surface area contributed by atoms with Crippen LogP contribution in [0.5, 0.6) is 0 Å². The van der Waals surface area contributed by atoms with Crippen LogP contribution in [0.2, 0.25) is 0 Å². The Balaban J connectivity index is 1.98. The van der Waals surface area contributed by atoms with Gasteiger partial charge in [0.2, 0.25) is 0 Å². The highest BCUT2D eigenvalue weighted by Gasteiger charge is 2.38. The van der Waals surface area contributed by atoms with Gasteiger partial charge in [-0.25, -0.2) is 0 Å². The van der Waals surface area contributed by atoms with Gasteiger partial charge in [0.15, 0.2) is 0 Å². The van der Waals surface area contributed by atoms with Gasteiger partial charge in [-0.1, -0.05) is 19.3 Å². The maximum absolute atomic E-state index is 12.0. The molecule has 0 unspecified atom stereocenters. The molecule has 1 aliphatic heterocycles. The van der Waals surface area contributed by atoms with Crippen LogP contribution in [-0.2, 0) is 10.2 Å². The summed E-state index contributed by atoms with van der Waals surface area (Å²) in [6.45, 7) is 1.42. The van der Waals surface area contributed by atoms with Crippen molar-refractivity contribution in [1.82, 2.24) is 8.61 Å². The minimum atomic E-state index is -3.19. The molecule has 1 heterocycles. The van der Waals surface area contributed by atoms with E-state index in [1.807, 2.05) is 0 Å². The van der Waals surface area contributed by atoms with Crippen molar-refractivity contribution in [1.29, 1.82) is 0 Å². The van der Waals surface area contributed by atoms with E-state index in [4.69, 9.17) is 0 Å². The minimum absolute atomic E-state index is 0.469. The molecule has 1 saturated heterocycles. The van der Waals surface area contributed by atoms with E-state index in [-0.39, 0.29) is 0 Å². The summed E-state index contributed by atoms with van der Waals surface area (Å²) in [7, 11) is 0.0342. The molecule has 2 fully saturated rings. The number of hydrogen-bond acceptors (Lipinski definition) is 2. The summed E-state index contributed by atoms with van der Waals surface area (Å²) >= 11 is 0. The van der Waals surface area contributed by atoms with Crippen molar-refractivity contribution >= 4 is 10.2 Å². The molecule has 0 aromatic carbocycles. The molecular weight excluding hydrogens is 236 g/mol. The second kappa shape index (κ2) is 4.86. The van der Waals surface area contributed by atoms with Gasteiger partial charge in [-0.15, -0.1) is 0 Å². The molecule has 0 bridgehead atoms. The van der Waals surface area contributed by atoms with E-state index in [2.05, 4.69) is 0 Å². The van der Waals surface area contributed by atoms with Gasteiger partial charge in [0.25, 0.3) is 10.2 Å². The van der Waals surface area contributed by atoms with E-state index in [1.54, 1.807) is 18.4 Å². The van der Waals surface area contributed by atoms with Crippen molar-refractivity contribution in [3.63, 3.8) is 0 Å². The summed E-state index contributed by atoms with van der Waals surface area (Å²) in [6.07, 6.45) is 8.76. The van der Waals surface area contributed by atoms with Crippen molar-refractivity contribution in [3.05, 3.63) is 0 Å². The summed E-state index contributed by atoms with van der Waals surface area (Å²) in [5.41, 5.74) is 0.469. The summed E-state index contributed by atoms with van der Waals surface area (Å²) in [4.78, 5) is 0. The Labute approximate surface area is 105 Å². The lowest BCUT2D eigenvalue weighted by Gasteiger charge is -2.44. The lowest BCUT2D eigenvalue weighted by Crippen LogP contribution is -2.47. The van der Waals surface area contributed by atoms with E-state index < -0.39 is 10.2 Å². The van der Waals surface area contributed by atoms with E-state index in [0.29, 0.717) is 18.5 Å². The molecule has 0 aromatic rings. The quantitative estimate of drug-likeness (QED) is 0.760. The van der Waals surface area contributed by atoms with Crippen LogP contribution in [0, 0.1) is 5.41 Å². The SMILES string of the molecule is CN(C)S(=O)(=O)N1CCC2(CCCCC2)CC1. The Morgan fingerprint density at radius 1 is 0.941 bits per heavy atom. The fraction of sp³-hybridized carbons (Fsp3) is 1.00. The van der Waals surface area contributed by atoms with Crippen LogP contribution in [0.25, 0.3) is 0 Å². The number of nitrogens with zero attached hydrogens (tertiary/aromatic N) is 2. The van der Waals surface area contributed by atoms with Crippen molar-refractivity contribution in [3.8, 4) is 0 Å². The van der Waals surface area contributed by atoms with E-state index in [9.17, 15) is 8.42 Å². The Hall–Kier alpha value is -0.130. The third-order valence-electron chi connectivity index (χ3n) is 4.49. The van der Waals surface area contributed by atoms with Crippen LogP contribution in [0.15, 0.2) is 0 Å². The van der Waals surface area contributed by atoms with E-state index >= 15 is 0 Å². The number of piperidine rings is 1. The molecule has 0 amide bonds. The topological polar surface area (TPSA) is 40.6 Å². The molecule has 0 radical (unpaired) electrons. The van der Waals surface area contributed by atoms with Crippen LogP contribution in [0.3, 0.4) is 0 Å². The first-order chi connectivity index (χ1) is 7.96. The molecular formula is C12H24N2O2S. The summed E-state index contributed by atoms with van der Waals surface area (Å²) in [5.74, 6) is 0. The van der Waals surface area contributed by atoms with E-state index in [0.717, 1.165) is 12.8 Å². The van der Waals surface area contributed by atoms with Gasteiger partial charge in [-0.3, -0.25) is 0 Å². The molecule has 0 atom stereocenters. The molecule has 1 saturated carbocycles. The first-order valence-corrected chi connectivity index (χ1v) is 8.04. The van der Waals surface area contributed by atoms with Gasteiger partial charge in [0, 0.05) is 27.2 Å². The van der Waals surface area contributed by atoms with Crippen LogP contribution in [0.1, 0.15) is 44.9 Å². The first-order valence-electron chi connectivity index (χ1n) is 6.64. The molecule has 1 spiro atoms. The lowest BCUT2D eigenvalue weighted by atomic mass is 9.68. The molecule has 0 N–H and O–H groups in total. The van der Waals surface area contributed by atoms with Crippen LogP contribution >= 0.6 is 0 Å². The zero-order valence-electron chi connectivity index (χ0n) is 11.0. The van der Waals surface area contributed by atoms with Crippen molar-refractivity contribution in [2.24, 2.45) is 5.41 Å². The van der Waals surface area contributed by atoms with Gasteiger partial charge in [-0.2, -0.15) is 17.0 Å². The summed E-state index contributed by atoms with van der Waals surface area (Å²) in [5, 5.41) is 0. The average molecular weight is 260 g/mol. The maximum atomic E-state index is 12.0. The second-order valence-corrected chi connectivity index (χ2v) is 7.89. The van der Waals surface area contributed by atoms with Gasteiger partial charge in [0.05, 0.1) is 0 Å². The molecule has 100 valence electrons. The van der Waals surface area contributed by atoms with Crippen molar-refractivity contribution in [2.45, 2.75) is 44.9 Å². The highest BCUT2D eigenvalue weighted by Crippen LogP contribution is 2.44. The predicted molar refractivity (Wildman–Crippen MR) is 68.9 cm³/mol. The lowest BCUT2D eigenvalue weighted by molar-refractivity contribution is 0.100. The zero-order valence-corrected chi connectivity index (χ0v) is 11.8. The largest absolute Gasteiger partial charge is 0.281 e. The third kappa shape index (κ3) is 2.66. The Morgan fingerprint density at radius 2 is 1.47 bits per heavy atom.